The molecule has 6 heteroatoms. The molecule has 0 saturated carbocycles. The highest BCUT2D eigenvalue weighted by Gasteiger charge is 2.16. The van der Waals surface area contributed by atoms with Gasteiger partial charge in [-0.3, -0.25) is 9.69 Å². The first kappa shape index (κ1) is 19.9. The van der Waals surface area contributed by atoms with Crippen molar-refractivity contribution in [1.29, 1.82) is 0 Å². The van der Waals surface area contributed by atoms with Crippen LogP contribution in [0, 0.1) is 0 Å². The van der Waals surface area contributed by atoms with Gasteiger partial charge in [-0.2, -0.15) is 0 Å². The highest BCUT2D eigenvalue weighted by Crippen LogP contribution is 2.08. The van der Waals surface area contributed by atoms with Gasteiger partial charge in [-0.05, 0) is 18.5 Å². The van der Waals surface area contributed by atoms with Gasteiger partial charge in [0.15, 0.2) is 0 Å². The van der Waals surface area contributed by atoms with Crippen LogP contribution in [0.15, 0.2) is 30.3 Å². The van der Waals surface area contributed by atoms with Crippen molar-refractivity contribution in [2.45, 2.75) is 19.4 Å². The van der Waals surface area contributed by atoms with E-state index in [0.717, 1.165) is 52.2 Å². The van der Waals surface area contributed by atoms with Gasteiger partial charge in [0.2, 0.25) is 5.91 Å². The van der Waals surface area contributed by atoms with E-state index in [1.54, 1.807) is 0 Å². The minimum Gasteiger partial charge on any atom is -0.356 e. The lowest BCUT2D eigenvalue weighted by molar-refractivity contribution is -0.120. The van der Waals surface area contributed by atoms with Crippen molar-refractivity contribution >= 4 is 18.3 Å². The van der Waals surface area contributed by atoms with Crippen LogP contribution in [0.25, 0.3) is 0 Å². The first-order valence-electron chi connectivity index (χ1n) is 8.23. The van der Waals surface area contributed by atoms with E-state index >= 15 is 0 Å². The predicted octanol–water partition coefficient (Wildman–Crippen LogP) is 1.08. The van der Waals surface area contributed by atoms with Gasteiger partial charge < -0.3 is 16.0 Å². The zero-order valence-corrected chi connectivity index (χ0v) is 14.6. The standard InChI is InChI=1S/C17H28N4O.ClH/c18-8-7-17(22)19-9-4-10-20-11-13-21(14-12-20)15-16-5-2-1-3-6-16;/h1-3,5-6H,4,7-15,18H2,(H,19,22);1H. The average molecular weight is 341 g/mol. The monoisotopic (exact) mass is 340 g/mol. The third-order valence-electron chi connectivity index (χ3n) is 4.06. The number of piperazine rings is 1. The van der Waals surface area contributed by atoms with E-state index in [1.165, 1.54) is 5.56 Å². The minimum atomic E-state index is 0. The summed E-state index contributed by atoms with van der Waals surface area (Å²) in [6.07, 6.45) is 1.44. The van der Waals surface area contributed by atoms with Crippen LogP contribution in [-0.2, 0) is 11.3 Å². The second-order valence-corrected chi connectivity index (χ2v) is 5.85. The van der Waals surface area contributed by atoms with Crippen molar-refractivity contribution in [3.63, 3.8) is 0 Å². The lowest BCUT2D eigenvalue weighted by atomic mass is 10.2. The van der Waals surface area contributed by atoms with Crippen molar-refractivity contribution in [1.82, 2.24) is 15.1 Å². The number of hydrogen-bond donors (Lipinski definition) is 2. The maximum absolute atomic E-state index is 11.3. The lowest BCUT2D eigenvalue weighted by Crippen LogP contribution is -2.46. The first-order valence-corrected chi connectivity index (χ1v) is 8.23. The smallest absolute Gasteiger partial charge is 0.221 e. The molecule has 0 unspecified atom stereocenters. The van der Waals surface area contributed by atoms with Crippen LogP contribution in [0.5, 0.6) is 0 Å². The third kappa shape index (κ3) is 7.79. The molecule has 0 radical (unpaired) electrons. The second-order valence-electron chi connectivity index (χ2n) is 5.85. The fourth-order valence-corrected chi connectivity index (χ4v) is 2.76. The molecule has 2 rings (SSSR count). The second kappa shape index (κ2) is 11.4. The van der Waals surface area contributed by atoms with Crippen molar-refractivity contribution in [2.24, 2.45) is 5.73 Å². The lowest BCUT2D eigenvalue weighted by Gasteiger charge is -2.34. The molecule has 3 N–H and O–H groups in total. The number of carbonyl (C=O) groups excluding carboxylic acids is 1. The first-order chi connectivity index (χ1) is 10.8. The van der Waals surface area contributed by atoms with Gasteiger partial charge in [0.1, 0.15) is 0 Å². The van der Waals surface area contributed by atoms with Crippen molar-refractivity contribution in [3.05, 3.63) is 35.9 Å². The molecule has 1 fully saturated rings. The average Bonchev–Trinajstić information content (AvgIpc) is 2.54. The van der Waals surface area contributed by atoms with Crippen LogP contribution >= 0.6 is 12.4 Å². The Balaban J connectivity index is 0.00000264. The van der Waals surface area contributed by atoms with E-state index in [1.807, 2.05) is 0 Å². The Kier molecular flexibility index (Phi) is 9.87. The minimum absolute atomic E-state index is 0. The van der Waals surface area contributed by atoms with E-state index in [2.05, 4.69) is 45.4 Å². The van der Waals surface area contributed by atoms with Gasteiger partial charge in [0.25, 0.3) is 0 Å². The maximum atomic E-state index is 11.3. The Labute approximate surface area is 145 Å². The Morgan fingerprint density at radius 1 is 1.09 bits per heavy atom. The van der Waals surface area contributed by atoms with Gasteiger partial charge >= 0.3 is 0 Å². The number of carbonyl (C=O) groups is 1. The Hall–Kier alpha value is -1.14. The summed E-state index contributed by atoms with van der Waals surface area (Å²) in [6, 6.07) is 10.6. The maximum Gasteiger partial charge on any atom is 0.221 e. The van der Waals surface area contributed by atoms with Crippen LogP contribution in [0.1, 0.15) is 18.4 Å². The molecule has 0 aromatic heterocycles. The molecule has 0 aliphatic carbocycles. The summed E-state index contributed by atoms with van der Waals surface area (Å²) in [7, 11) is 0. The van der Waals surface area contributed by atoms with E-state index in [-0.39, 0.29) is 18.3 Å². The normalized spacial score (nSPS) is 15.9. The molecule has 1 aliphatic heterocycles. The number of benzene rings is 1. The topological polar surface area (TPSA) is 61.6 Å². The third-order valence-corrected chi connectivity index (χ3v) is 4.06. The van der Waals surface area contributed by atoms with Crippen LogP contribution in [-0.4, -0.2) is 61.5 Å². The molecule has 5 nitrogen and oxygen atoms in total. The van der Waals surface area contributed by atoms with Gasteiger partial charge in [-0.1, -0.05) is 30.3 Å². The summed E-state index contributed by atoms with van der Waals surface area (Å²) in [5.74, 6) is 0.0650. The van der Waals surface area contributed by atoms with Crippen molar-refractivity contribution < 1.29 is 4.79 Å². The van der Waals surface area contributed by atoms with Gasteiger partial charge in [-0.15, -0.1) is 12.4 Å². The fraction of sp³-hybridized carbons (Fsp3) is 0.588. The van der Waals surface area contributed by atoms with Crippen molar-refractivity contribution in [3.8, 4) is 0 Å². The van der Waals surface area contributed by atoms with Gasteiger partial charge in [0, 0.05) is 52.2 Å². The zero-order chi connectivity index (χ0) is 15.6. The molecule has 1 aliphatic rings. The number of rotatable bonds is 8. The van der Waals surface area contributed by atoms with E-state index in [9.17, 15) is 4.79 Å². The van der Waals surface area contributed by atoms with Crippen molar-refractivity contribution in [2.75, 3.05) is 45.8 Å². The Morgan fingerprint density at radius 3 is 2.39 bits per heavy atom. The highest BCUT2D eigenvalue weighted by molar-refractivity contribution is 5.85. The summed E-state index contributed by atoms with van der Waals surface area (Å²) in [5, 5.41) is 2.91. The molecule has 1 heterocycles. The molecule has 130 valence electrons. The van der Waals surface area contributed by atoms with Gasteiger partial charge in [0.05, 0.1) is 0 Å². The fourth-order valence-electron chi connectivity index (χ4n) is 2.76. The van der Waals surface area contributed by atoms with Crippen LogP contribution < -0.4 is 11.1 Å². The summed E-state index contributed by atoms with van der Waals surface area (Å²) >= 11 is 0. The number of hydrogen-bond acceptors (Lipinski definition) is 4. The predicted molar refractivity (Wildman–Crippen MR) is 96.7 cm³/mol. The van der Waals surface area contributed by atoms with Gasteiger partial charge in [-0.25, -0.2) is 0 Å². The Bertz CT molecular complexity index is 435. The summed E-state index contributed by atoms with van der Waals surface area (Å²) in [6.45, 7) is 7.75. The van der Waals surface area contributed by atoms with Crippen LogP contribution in [0.4, 0.5) is 0 Å². The molecule has 0 spiro atoms. The molecule has 1 aromatic carbocycles. The molecule has 23 heavy (non-hydrogen) atoms. The molecule has 1 amide bonds. The number of nitrogens with one attached hydrogen (secondary N) is 1. The number of amides is 1. The molecule has 0 atom stereocenters. The number of nitrogens with two attached hydrogens (primary N) is 1. The molecule has 1 aromatic rings. The Morgan fingerprint density at radius 2 is 1.74 bits per heavy atom. The zero-order valence-electron chi connectivity index (χ0n) is 13.7. The van der Waals surface area contributed by atoms with E-state index < -0.39 is 0 Å². The summed E-state index contributed by atoms with van der Waals surface area (Å²) in [5.41, 5.74) is 6.73. The number of nitrogens with zero attached hydrogens (tertiary/aromatic N) is 2. The molecular formula is C17H29ClN4O. The highest BCUT2D eigenvalue weighted by atomic mass is 35.5. The molecule has 0 bridgehead atoms. The quantitative estimate of drug-likeness (QED) is 0.695. The van der Waals surface area contributed by atoms with Crippen LogP contribution in [0.3, 0.4) is 0 Å². The van der Waals surface area contributed by atoms with E-state index in [0.29, 0.717) is 13.0 Å². The van der Waals surface area contributed by atoms with Crippen LogP contribution in [0.2, 0.25) is 0 Å². The largest absolute Gasteiger partial charge is 0.356 e. The van der Waals surface area contributed by atoms with E-state index in [4.69, 9.17) is 5.73 Å². The summed E-state index contributed by atoms with van der Waals surface area (Å²) < 4.78 is 0. The SMILES string of the molecule is Cl.NCCC(=O)NCCCN1CCN(Cc2ccccc2)CC1. The number of halogens is 1. The summed E-state index contributed by atoms with van der Waals surface area (Å²) in [4.78, 5) is 16.3. The molecular weight excluding hydrogens is 312 g/mol. The molecule has 1 saturated heterocycles.